The van der Waals surface area contributed by atoms with E-state index in [0.29, 0.717) is 12.2 Å². The monoisotopic (exact) mass is 450 g/mol. The van der Waals surface area contributed by atoms with Crippen molar-refractivity contribution in [3.63, 3.8) is 0 Å². The van der Waals surface area contributed by atoms with Gasteiger partial charge in [0.1, 0.15) is 5.65 Å². The van der Waals surface area contributed by atoms with Gasteiger partial charge in [0.15, 0.2) is 17.7 Å². The Morgan fingerprint density at radius 3 is 2.91 bits per heavy atom. The Morgan fingerprint density at radius 1 is 1.30 bits per heavy atom. The third kappa shape index (κ3) is 3.73. The van der Waals surface area contributed by atoms with Gasteiger partial charge in [-0.1, -0.05) is 6.07 Å². The number of amides is 2. The molecule has 1 aromatic carbocycles. The topological polar surface area (TPSA) is 67.2 Å². The molecule has 5 rings (SSSR count). The number of halogens is 1. The minimum Gasteiger partial charge on any atom is -0.476 e. The molecule has 0 radical (unpaired) electrons. The number of hydrogen-bond acceptors (Lipinski definition) is 4. The number of pyridine rings is 1. The van der Waals surface area contributed by atoms with Crippen molar-refractivity contribution in [2.45, 2.75) is 52.2 Å². The summed E-state index contributed by atoms with van der Waals surface area (Å²) in [6, 6.07) is 9.09. The molecule has 2 aliphatic rings. The fourth-order valence-corrected chi connectivity index (χ4v) is 4.92. The quantitative estimate of drug-likeness (QED) is 0.609. The first kappa shape index (κ1) is 21.4. The van der Waals surface area contributed by atoms with Crippen LogP contribution in [0, 0.1) is 12.7 Å². The molecule has 0 aliphatic carbocycles. The lowest BCUT2D eigenvalue weighted by atomic mass is 9.89. The number of carbonyl (C=O) groups is 2. The third-order valence-corrected chi connectivity index (χ3v) is 6.72. The van der Waals surface area contributed by atoms with Crippen LogP contribution in [0.15, 0.2) is 36.5 Å². The first-order chi connectivity index (χ1) is 15.8. The third-order valence-electron chi connectivity index (χ3n) is 6.72. The van der Waals surface area contributed by atoms with Crippen LogP contribution in [-0.4, -0.2) is 45.3 Å². The molecule has 2 amide bonds. The van der Waals surface area contributed by atoms with Gasteiger partial charge in [0.05, 0.1) is 23.6 Å². The van der Waals surface area contributed by atoms with Gasteiger partial charge in [-0.3, -0.25) is 14.5 Å². The van der Waals surface area contributed by atoms with Crippen LogP contribution in [0.25, 0.3) is 5.65 Å². The van der Waals surface area contributed by atoms with Crippen molar-refractivity contribution in [2.75, 3.05) is 18.0 Å². The number of likely N-dealkylation sites (tertiary alicyclic amines) is 1. The van der Waals surface area contributed by atoms with E-state index in [1.165, 1.54) is 6.07 Å². The number of anilines is 1. The number of hydrogen-bond donors (Lipinski definition) is 0. The van der Waals surface area contributed by atoms with E-state index in [-0.39, 0.29) is 30.0 Å². The standard InChI is InChI=1S/C25H27FN4O3/c1-15-22(29-10-5-4-8-23(29)27-15)14-30-21-12-19(18-7-6-9-28(13-18)17(3)31)11-20(26)24(21)33-16(2)25(30)32/h4-5,8,10-12,16,18H,6-7,9,13-14H2,1-3H3/t16-,18?/m1/s1. The lowest BCUT2D eigenvalue weighted by Crippen LogP contribution is -2.44. The number of nitrogens with zero attached hydrogens (tertiary/aromatic N) is 4. The van der Waals surface area contributed by atoms with Crippen LogP contribution in [0.5, 0.6) is 5.75 Å². The smallest absolute Gasteiger partial charge is 0.268 e. The van der Waals surface area contributed by atoms with Crippen molar-refractivity contribution in [3.05, 3.63) is 59.3 Å². The van der Waals surface area contributed by atoms with Crippen molar-refractivity contribution in [3.8, 4) is 5.75 Å². The van der Waals surface area contributed by atoms with E-state index in [4.69, 9.17) is 4.74 Å². The second kappa shape index (κ2) is 8.17. The molecule has 7 nitrogen and oxygen atoms in total. The van der Waals surface area contributed by atoms with E-state index >= 15 is 4.39 Å². The van der Waals surface area contributed by atoms with Gasteiger partial charge in [0.2, 0.25) is 5.91 Å². The zero-order valence-electron chi connectivity index (χ0n) is 19.0. The highest BCUT2D eigenvalue weighted by Gasteiger charge is 2.36. The number of rotatable bonds is 3. The van der Waals surface area contributed by atoms with E-state index in [1.807, 2.05) is 41.8 Å². The van der Waals surface area contributed by atoms with E-state index in [1.54, 1.807) is 23.6 Å². The molecule has 1 unspecified atom stereocenters. The van der Waals surface area contributed by atoms with Crippen LogP contribution in [0.1, 0.15) is 49.6 Å². The van der Waals surface area contributed by atoms with Crippen LogP contribution in [-0.2, 0) is 16.1 Å². The predicted molar refractivity (Wildman–Crippen MR) is 122 cm³/mol. The number of fused-ring (bicyclic) bond motifs is 2. The molecular weight excluding hydrogens is 423 g/mol. The molecule has 1 saturated heterocycles. The normalized spacial score (nSPS) is 20.7. The molecule has 0 N–H and O–H groups in total. The molecule has 0 spiro atoms. The van der Waals surface area contributed by atoms with Crippen LogP contribution >= 0.6 is 0 Å². The van der Waals surface area contributed by atoms with Crippen LogP contribution in [0.4, 0.5) is 10.1 Å². The Balaban J connectivity index is 1.56. The summed E-state index contributed by atoms with van der Waals surface area (Å²) in [5, 5.41) is 0. The van der Waals surface area contributed by atoms with Crippen molar-refractivity contribution < 1.29 is 18.7 Å². The maximum Gasteiger partial charge on any atom is 0.268 e. The van der Waals surface area contributed by atoms with Crippen LogP contribution in [0.3, 0.4) is 0 Å². The number of ether oxygens (including phenoxy) is 1. The molecule has 2 aromatic heterocycles. The molecule has 3 aromatic rings. The second-order valence-electron chi connectivity index (χ2n) is 8.91. The van der Waals surface area contributed by atoms with E-state index < -0.39 is 11.9 Å². The number of imidazole rings is 1. The maximum atomic E-state index is 15.3. The van der Waals surface area contributed by atoms with Gasteiger partial charge < -0.3 is 14.0 Å². The minimum absolute atomic E-state index is 0.0104. The molecule has 1 fully saturated rings. The Bertz CT molecular complexity index is 1250. The van der Waals surface area contributed by atoms with Gasteiger partial charge in [-0.2, -0.15) is 0 Å². The van der Waals surface area contributed by atoms with Crippen molar-refractivity contribution in [1.82, 2.24) is 14.3 Å². The molecule has 0 bridgehead atoms. The highest BCUT2D eigenvalue weighted by atomic mass is 19.1. The average molecular weight is 451 g/mol. The number of carbonyl (C=O) groups excluding carboxylic acids is 2. The number of aromatic nitrogens is 2. The fraction of sp³-hybridized carbons (Fsp3) is 0.400. The zero-order valence-corrected chi connectivity index (χ0v) is 19.0. The Hall–Kier alpha value is -3.42. The molecule has 172 valence electrons. The number of benzene rings is 1. The van der Waals surface area contributed by atoms with Crippen molar-refractivity contribution >= 4 is 23.1 Å². The summed E-state index contributed by atoms with van der Waals surface area (Å²) in [6.07, 6.45) is 2.84. The summed E-state index contributed by atoms with van der Waals surface area (Å²) in [5.41, 5.74) is 3.69. The van der Waals surface area contributed by atoms with Crippen molar-refractivity contribution in [2.24, 2.45) is 0 Å². The van der Waals surface area contributed by atoms with E-state index in [9.17, 15) is 9.59 Å². The van der Waals surface area contributed by atoms with Gasteiger partial charge in [0, 0.05) is 32.1 Å². The zero-order chi connectivity index (χ0) is 23.3. The van der Waals surface area contributed by atoms with Gasteiger partial charge in [-0.15, -0.1) is 0 Å². The first-order valence-electron chi connectivity index (χ1n) is 11.3. The fourth-order valence-electron chi connectivity index (χ4n) is 4.92. The summed E-state index contributed by atoms with van der Waals surface area (Å²) >= 11 is 0. The van der Waals surface area contributed by atoms with E-state index in [2.05, 4.69) is 4.98 Å². The summed E-state index contributed by atoms with van der Waals surface area (Å²) < 4.78 is 22.9. The molecule has 2 aliphatic heterocycles. The largest absolute Gasteiger partial charge is 0.476 e. The van der Waals surface area contributed by atoms with E-state index in [0.717, 1.165) is 42.0 Å². The van der Waals surface area contributed by atoms with Gasteiger partial charge in [-0.05, 0) is 56.5 Å². The number of piperidine rings is 1. The van der Waals surface area contributed by atoms with Crippen molar-refractivity contribution in [1.29, 1.82) is 0 Å². The highest BCUT2D eigenvalue weighted by molar-refractivity contribution is 6.00. The van der Waals surface area contributed by atoms with Crippen LogP contribution in [0.2, 0.25) is 0 Å². The molecule has 2 atom stereocenters. The lowest BCUT2D eigenvalue weighted by Gasteiger charge is -2.36. The summed E-state index contributed by atoms with van der Waals surface area (Å²) in [6.45, 7) is 6.63. The van der Waals surface area contributed by atoms with Gasteiger partial charge in [-0.25, -0.2) is 9.37 Å². The average Bonchev–Trinajstić information content (AvgIpc) is 3.12. The first-order valence-corrected chi connectivity index (χ1v) is 11.3. The van der Waals surface area contributed by atoms with Crippen LogP contribution < -0.4 is 9.64 Å². The van der Waals surface area contributed by atoms with Gasteiger partial charge in [0.25, 0.3) is 5.91 Å². The summed E-state index contributed by atoms with van der Waals surface area (Å²) in [4.78, 5) is 33.1. The molecule has 8 heteroatoms. The predicted octanol–water partition coefficient (Wildman–Crippen LogP) is 3.82. The lowest BCUT2D eigenvalue weighted by molar-refractivity contribution is -0.130. The maximum absolute atomic E-state index is 15.3. The molecule has 33 heavy (non-hydrogen) atoms. The number of aryl methyl sites for hydroxylation is 1. The molecular formula is C25H27FN4O3. The molecule has 4 heterocycles. The molecule has 0 saturated carbocycles. The second-order valence-corrected chi connectivity index (χ2v) is 8.91. The Kier molecular flexibility index (Phi) is 5.31. The summed E-state index contributed by atoms with van der Waals surface area (Å²) in [7, 11) is 0. The Morgan fingerprint density at radius 2 is 2.12 bits per heavy atom. The SMILES string of the molecule is CC(=O)N1CCCC(c2cc(F)c3c(c2)N(Cc2c(C)nc4ccccn24)C(=O)[C@@H](C)O3)C1. The summed E-state index contributed by atoms with van der Waals surface area (Å²) in [5.74, 6) is -0.581. The highest BCUT2D eigenvalue weighted by Crippen LogP contribution is 2.41. The Labute approximate surface area is 191 Å². The van der Waals surface area contributed by atoms with Gasteiger partial charge >= 0.3 is 0 Å². The minimum atomic E-state index is -0.791.